The molecule has 0 fully saturated rings. The van der Waals surface area contributed by atoms with E-state index in [1.165, 1.54) is 18.4 Å². The number of anilines is 1. The molecule has 94 valence electrons. The Bertz CT molecular complexity index is 392. The highest BCUT2D eigenvalue weighted by molar-refractivity contribution is 7.15. The molecule has 7 heteroatoms. The van der Waals surface area contributed by atoms with Gasteiger partial charge in [0.05, 0.1) is 13.5 Å². The van der Waals surface area contributed by atoms with Crippen LogP contribution in [0.15, 0.2) is 0 Å². The lowest BCUT2D eigenvalue weighted by molar-refractivity contribution is -0.141. The molecule has 0 radical (unpaired) electrons. The van der Waals surface area contributed by atoms with Crippen LogP contribution in [0.4, 0.5) is 5.13 Å². The van der Waals surface area contributed by atoms with Crippen molar-refractivity contribution in [1.29, 1.82) is 0 Å². The Labute approximate surface area is 103 Å². The number of methoxy groups -OCH3 is 1. The number of nitrogens with zero attached hydrogens (tertiary/aromatic N) is 2. The highest BCUT2D eigenvalue weighted by Crippen LogP contribution is 2.16. The number of ether oxygens (including phenoxy) is 1. The van der Waals surface area contributed by atoms with Crippen LogP contribution in [-0.4, -0.2) is 29.2 Å². The first kappa shape index (κ1) is 13.6. The largest absolute Gasteiger partial charge is 0.469 e. The van der Waals surface area contributed by atoms with E-state index in [1.54, 1.807) is 0 Å². The monoisotopic (exact) mass is 257 g/mol. The van der Waals surface area contributed by atoms with Gasteiger partial charge < -0.3 is 10.1 Å². The number of rotatable bonds is 6. The number of hydrogen-bond acceptors (Lipinski definition) is 6. The minimum absolute atomic E-state index is 0.0724. The summed E-state index contributed by atoms with van der Waals surface area (Å²) in [7, 11) is 1.29. The second kappa shape index (κ2) is 6.95. The second-order valence-corrected chi connectivity index (χ2v) is 4.44. The lowest BCUT2D eigenvalue weighted by atomic mass is 10.3. The van der Waals surface area contributed by atoms with E-state index < -0.39 is 5.97 Å². The zero-order valence-corrected chi connectivity index (χ0v) is 10.7. The third-order valence-electron chi connectivity index (χ3n) is 1.96. The Morgan fingerprint density at radius 1 is 1.35 bits per heavy atom. The molecule has 17 heavy (non-hydrogen) atoms. The zero-order valence-electron chi connectivity index (χ0n) is 9.86. The lowest BCUT2D eigenvalue weighted by Gasteiger charge is -1.99. The summed E-state index contributed by atoms with van der Waals surface area (Å²) in [5.74, 6) is -0.654. The molecule has 6 nitrogen and oxygen atoms in total. The van der Waals surface area contributed by atoms with E-state index in [2.05, 4.69) is 27.2 Å². The number of amides is 1. The first-order valence-corrected chi connectivity index (χ1v) is 6.16. The number of carbonyl (C=O) groups excluding carboxylic acids is 2. The number of hydrogen-bond donors (Lipinski definition) is 1. The number of aryl methyl sites for hydroxylation is 1. The van der Waals surface area contributed by atoms with Crippen molar-refractivity contribution in [2.45, 2.75) is 32.6 Å². The molecule has 0 saturated heterocycles. The number of aromatic nitrogens is 2. The molecular formula is C10H15N3O3S. The molecule has 1 aromatic heterocycles. The third-order valence-corrected chi connectivity index (χ3v) is 2.86. The standard InChI is InChI=1S/C10H15N3O3S/c1-3-4-8-12-13-10(17-8)11-7(14)5-6-9(15)16-2/h3-6H2,1-2H3,(H,11,13,14). The van der Waals surface area contributed by atoms with Gasteiger partial charge in [-0.2, -0.15) is 0 Å². The van der Waals surface area contributed by atoms with Crippen LogP contribution in [-0.2, 0) is 20.7 Å². The van der Waals surface area contributed by atoms with E-state index in [9.17, 15) is 9.59 Å². The van der Waals surface area contributed by atoms with Crippen molar-refractivity contribution in [3.05, 3.63) is 5.01 Å². The van der Waals surface area contributed by atoms with Gasteiger partial charge in [-0.3, -0.25) is 9.59 Å². The van der Waals surface area contributed by atoms with Gasteiger partial charge in [-0.1, -0.05) is 18.3 Å². The quantitative estimate of drug-likeness (QED) is 0.779. The van der Waals surface area contributed by atoms with Crippen molar-refractivity contribution in [3.8, 4) is 0 Å². The minimum atomic E-state index is -0.399. The van der Waals surface area contributed by atoms with Crippen molar-refractivity contribution in [1.82, 2.24) is 10.2 Å². The van der Waals surface area contributed by atoms with Crippen LogP contribution in [0.3, 0.4) is 0 Å². The van der Waals surface area contributed by atoms with Crippen molar-refractivity contribution in [2.75, 3.05) is 12.4 Å². The molecule has 1 amide bonds. The van der Waals surface area contributed by atoms with E-state index in [1.807, 2.05) is 0 Å². The zero-order chi connectivity index (χ0) is 12.7. The summed E-state index contributed by atoms with van der Waals surface area (Å²) in [6, 6.07) is 0. The predicted octanol–water partition coefficient (Wildman–Crippen LogP) is 1.38. The second-order valence-electron chi connectivity index (χ2n) is 3.38. The maximum absolute atomic E-state index is 11.4. The van der Waals surface area contributed by atoms with Gasteiger partial charge in [-0.15, -0.1) is 10.2 Å². The van der Waals surface area contributed by atoms with Gasteiger partial charge in [-0.05, 0) is 6.42 Å². The van der Waals surface area contributed by atoms with Gasteiger partial charge in [0.1, 0.15) is 5.01 Å². The molecule has 0 atom stereocenters. The highest BCUT2D eigenvalue weighted by atomic mass is 32.1. The average Bonchev–Trinajstić information content (AvgIpc) is 2.74. The minimum Gasteiger partial charge on any atom is -0.469 e. The van der Waals surface area contributed by atoms with E-state index in [0.29, 0.717) is 5.13 Å². The topological polar surface area (TPSA) is 81.2 Å². The van der Waals surface area contributed by atoms with Gasteiger partial charge in [0.2, 0.25) is 11.0 Å². The number of carbonyl (C=O) groups is 2. The molecule has 0 aliphatic heterocycles. The first-order chi connectivity index (χ1) is 8.15. The molecule has 0 unspecified atom stereocenters. The fourth-order valence-electron chi connectivity index (χ4n) is 1.12. The van der Waals surface area contributed by atoms with E-state index in [0.717, 1.165) is 17.8 Å². The molecule has 1 N–H and O–H groups in total. The highest BCUT2D eigenvalue weighted by Gasteiger charge is 2.10. The van der Waals surface area contributed by atoms with Crippen LogP contribution in [0.1, 0.15) is 31.2 Å². The molecule has 0 spiro atoms. The Kier molecular flexibility index (Phi) is 5.55. The van der Waals surface area contributed by atoms with Crippen LogP contribution < -0.4 is 5.32 Å². The van der Waals surface area contributed by atoms with Crippen LogP contribution in [0, 0.1) is 0 Å². The molecule has 0 aliphatic rings. The number of nitrogens with one attached hydrogen (secondary N) is 1. The number of esters is 1. The summed E-state index contributed by atoms with van der Waals surface area (Å²) in [6.45, 7) is 2.05. The molecule has 0 aliphatic carbocycles. The summed E-state index contributed by atoms with van der Waals surface area (Å²) in [5.41, 5.74) is 0. The Hall–Kier alpha value is -1.50. The van der Waals surface area contributed by atoms with Crippen LogP contribution in [0.5, 0.6) is 0 Å². The van der Waals surface area contributed by atoms with Crippen LogP contribution in [0.2, 0.25) is 0 Å². The van der Waals surface area contributed by atoms with Crippen molar-refractivity contribution in [2.24, 2.45) is 0 Å². The SMILES string of the molecule is CCCc1nnc(NC(=O)CCC(=O)OC)s1. The predicted molar refractivity (Wildman–Crippen MR) is 63.8 cm³/mol. The molecule has 0 saturated carbocycles. The van der Waals surface area contributed by atoms with Gasteiger partial charge in [-0.25, -0.2) is 0 Å². The van der Waals surface area contributed by atoms with E-state index in [4.69, 9.17) is 0 Å². The smallest absolute Gasteiger partial charge is 0.306 e. The maximum Gasteiger partial charge on any atom is 0.306 e. The van der Waals surface area contributed by atoms with Crippen molar-refractivity contribution in [3.63, 3.8) is 0 Å². The van der Waals surface area contributed by atoms with Crippen LogP contribution in [0.25, 0.3) is 0 Å². The summed E-state index contributed by atoms with van der Waals surface area (Å²) >= 11 is 1.36. The Morgan fingerprint density at radius 3 is 2.76 bits per heavy atom. The molecule has 1 aromatic rings. The van der Waals surface area contributed by atoms with Gasteiger partial charge in [0.15, 0.2) is 0 Å². The Morgan fingerprint density at radius 2 is 2.12 bits per heavy atom. The summed E-state index contributed by atoms with van der Waals surface area (Å²) in [5, 5.41) is 11.7. The molecule has 0 bridgehead atoms. The lowest BCUT2D eigenvalue weighted by Crippen LogP contribution is -2.13. The van der Waals surface area contributed by atoms with Crippen molar-refractivity contribution < 1.29 is 14.3 Å². The van der Waals surface area contributed by atoms with Gasteiger partial charge >= 0.3 is 5.97 Å². The summed E-state index contributed by atoms with van der Waals surface area (Å²) in [6.07, 6.45) is 2.01. The fourth-order valence-corrected chi connectivity index (χ4v) is 1.98. The summed E-state index contributed by atoms with van der Waals surface area (Å²) in [4.78, 5) is 22.3. The molecular weight excluding hydrogens is 242 g/mol. The molecule has 0 aromatic carbocycles. The maximum atomic E-state index is 11.4. The fraction of sp³-hybridized carbons (Fsp3) is 0.600. The normalized spacial score (nSPS) is 10.0. The molecule has 1 rings (SSSR count). The van der Waals surface area contributed by atoms with Gasteiger partial charge in [0.25, 0.3) is 0 Å². The molecule has 1 heterocycles. The van der Waals surface area contributed by atoms with E-state index >= 15 is 0 Å². The summed E-state index contributed by atoms with van der Waals surface area (Å²) < 4.78 is 4.44. The van der Waals surface area contributed by atoms with Crippen LogP contribution >= 0.6 is 11.3 Å². The average molecular weight is 257 g/mol. The Balaban J connectivity index is 2.36. The van der Waals surface area contributed by atoms with Crippen molar-refractivity contribution >= 4 is 28.3 Å². The van der Waals surface area contributed by atoms with E-state index in [-0.39, 0.29) is 18.7 Å². The first-order valence-electron chi connectivity index (χ1n) is 5.34. The third kappa shape index (κ3) is 4.90. The van der Waals surface area contributed by atoms with Gasteiger partial charge in [0, 0.05) is 12.8 Å².